The van der Waals surface area contributed by atoms with Gasteiger partial charge in [-0.15, -0.1) is 0 Å². The average Bonchev–Trinajstić information content (AvgIpc) is 2.40. The molecule has 1 heterocycles. The van der Waals surface area contributed by atoms with Crippen LogP contribution in [0.25, 0.3) is 0 Å². The van der Waals surface area contributed by atoms with Crippen molar-refractivity contribution >= 4 is 5.69 Å². The molecule has 0 bridgehead atoms. The molecule has 0 unspecified atom stereocenters. The molecule has 0 amide bonds. The lowest BCUT2D eigenvalue weighted by Gasteiger charge is -2.32. The van der Waals surface area contributed by atoms with Gasteiger partial charge in [0.05, 0.1) is 5.60 Å². The molecule has 4 heteroatoms. The molecule has 4 nitrogen and oxygen atoms in total. The Balaban J connectivity index is 1.84. The summed E-state index contributed by atoms with van der Waals surface area (Å²) in [5.41, 5.74) is 1.74. The Morgan fingerprint density at radius 1 is 1.28 bits per heavy atom. The van der Waals surface area contributed by atoms with Gasteiger partial charge in [0, 0.05) is 51.9 Å². The minimum atomic E-state index is -0.604. The van der Waals surface area contributed by atoms with Crippen LogP contribution in [0.1, 0.15) is 18.4 Å². The van der Waals surface area contributed by atoms with E-state index in [1.807, 2.05) is 19.2 Å². The zero-order valence-corrected chi connectivity index (χ0v) is 10.9. The van der Waals surface area contributed by atoms with Gasteiger partial charge in [0.2, 0.25) is 0 Å². The largest absolute Gasteiger partial charge is 0.388 e. The molecule has 0 aromatic heterocycles. The summed E-state index contributed by atoms with van der Waals surface area (Å²) in [4.78, 5) is 0. The molecule has 1 fully saturated rings. The summed E-state index contributed by atoms with van der Waals surface area (Å²) >= 11 is 0. The maximum atomic E-state index is 10.3. The highest BCUT2D eigenvalue weighted by atomic mass is 16.5. The van der Waals surface area contributed by atoms with Crippen LogP contribution in [0.4, 0.5) is 5.69 Å². The molecule has 0 saturated carbocycles. The summed E-state index contributed by atoms with van der Waals surface area (Å²) < 4.78 is 5.27. The average molecular weight is 250 g/mol. The van der Waals surface area contributed by atoms with Gasteiger partial charge < -0.3 is 20.5 Å². The third-order valence-electron chi connectivity index (χ3n) is 3.48. The van der Waals surface area contributed by atoms with Crippen molar-refractivity contribution in [1.82, 2.24) is 5.32 Å². The number of nitrogens with one attached hydrogen (secondary N) is 2. The SMILES string of the molecule is CNc1ccccc1CNCC1(O)CCOCC1. The van der Waals surface area contributed by atoms with Gasteiger partial charge in [-0.2, -0.15) is 0 Å². The van der Waals surface area contributed by atoms with Crippen molar-refractivity contribution in [3.63, 3.8) is 0 Å². The van der Waals surface area contributed by atoms with Crippen LogP contribution in [0, 0.1) is 0 Å². The van der Waals surface area contributed by atoms with E-state index in [9.17, 15) is 5.11 Å². The lowest BCUT2D eigenvalue weighted by atomic mass is 9.94. The number of para-hydroxylation sites is 1. The monoisotopic (exact) mass is 250 g/mol. The highest BCUT2D eigenvalue weighted by molar-refractivity contribution is 5.50. The van der Waals surface area contributed by atoms with E-state index in [-0.39, 0.29) is 0 Å². The van der Waals surface area contributed by atoms with Crippen LogP contribution in [0.5, 0.6) is 0 Å². The Labute approximate surface area is 108 Å². The number of hydrogen-bond donors (Lipinski definition) is 3. The van der Waals surface area contributed by atoms with Gasteiger partial charge >= 0.3 is 0 Å². The zero-order chi connectivity index (χ0) is 12.8. The topological polar surface area (TPSA) is 53.5 Å². The van der Waals surface area contributed by atoms with Crippen LogP contribution < -0.4 is 10.6 Å². The Bertz CT molecular complexity index is 376. The number of rotatable bonds is 5. The molecule has 100 valence electrons. The Morgan fingerprint density at radius 2 is 2.00 bits per heavy atom. The fourth-order valence-electron chi connectivity index (χ4n) is 2.28. The summed E-state index contributed by atoms with van der Waals surface area (Å²) in [5, 5.41) is 16.8. The van der Waals surface area contributed by atoms with E-state index in [4.69, 9.17) is 4.74 Å². The van der Waals surface area contributed by atoms with Crippen molar-refractivity contribution in [3.05, 3.63) is 29.8 Å². The van der Waals surface area contributed by atoms with Crippen LogP contribution >= 0.6 is 0 Å². The van der Waals surface area contributed by atoms with Crippen LogP contribution in [0.3, 0.4) is 0 Å². The van der Waals surface area contributed by atoms with Crippen molar-refractivity contribution in [2.24, 2.45) is 0 Å². The van der Waals surface area contributed by atoms with Gasteiger partial charge in [-0.3, -0.25) is 0 Å². The van der Waals surface area contributed by atoms with Gasteiger partial charge in [-0.1, -0.05) is 18.2 Å². The molecule has 1 aliphatic rings. The predicted molar refractivity (Wildman–Crippen MR) is 72.7 cm³/mol. The minimum Gasteiger partial charge on any atom is -0.388 e. The minimum absolute atomic E-state index is 0.604. The molecular weight excluding hydrogens is 228 g/mol. The molecule has 18 heavy (non-hydrogen) atoms. The second kappa shape index (κ2) is 6.18. The van der Waals surface area contributed by atoms with Crippen molar-refractivity contribution in [1.29, 1.82) is 0 Å². The number of anilines is 1. The number of benzene rings is 1. The normalized spacial score (nSPS) is 18.6. The van der Waals surface area contributed by atoms with Crippen molar-refractivity contribution < 1.29 is 9.84 Å². The smallest absolute Gasteiger partial charge is 0.0815 e. The quantitative estimate of drug-likeness (QED) is 0.738. The van der Waals surface area contributed by atoms with E-state index >= 15 is 0 Å². The van der Waals surface area contributed by atoms with E-state index in [1.165, 1.54) is 5.56 Å². The molecule has 1 saturated heterocycles. The molecule has 0 spiro atoms. The lowest BCUT2D eigenvalue weighted by molar-refractivity contribution is -0.0616. The maximum Gasteiger partial charge on any atom is 0.0815 e. The third-order valence-corrected chi connectivity index (χ3v) is 3.48. The van der Waals surface area contributed by atoms with E-state index < -0.39 is 5.60 Å². The molecule has 1 aromatic carbocycles. The molecule has 3 N–H and O–H groups in total. The van der Waals surface area contributed by atoms with E-state index in [0.29, 0.717) is 32.6 Å². The van der Waals surface area contributed by atoms with Crippen LogP contribution in [0.2, 0.25) is 0 Å². The predicted octanol–water partition coefficient (Wildman–Crippen LogP) is 1.36. The second-order valence-corrected chi connectivity index (χ2v) is 4.85. The van der Waals surface area contributed by atoms with Gasteiger partial charge in [0.25, 0.3) is 0 Å². The highest BCUT2D eigenvalue weighted by Crippen LogP contribution is 2.20. The van der Waals surface area contributed by atoms with Crippen molar-refractivity contribution in [3.8, 4) is 0 Å². The maximum absolute atomic E-state index is 10.3. The Kier molecular flexibility index (Phi) is 4.58. The molecule has 0 aliphatic carbocycles. The first-order chi connectivity index (χ1) is 8.73. The van der Waals surface area contributed by atoms with Crippen LogP contribution in [-0.4, -0.2) is 37.5 Å². The third kappa shape index (κ3) is 3.45. The van der Waals surface area contributed by atoms with E-state index in [1.54, 1.807) is 0 Å². The summed E-state index contributed by atoms with van der Waals surface area (Å²) in [6.45, 7) is 2.70. The molecule has 2 rings (SSSR count). The Morgan fingerprint density at radius 3 is 2.72 bits per heavy atom. The first kappa shape index (κ1) is 13.3. The summed E-state index contributed by atoms with van der Waals surface area (Å²) in [7, 11) is 1.92. The first-order valence-electron chi connectivity index (χ1n) is 6.50. The van der Waals surface area contributed by atoms with E-state index in [0.717, 1.165) is 12.2 Å². The molecular formula is C14H22N2O2. The van der Waals surface area contributed by atoms with Gasteiger partial charge in [0.15, 0.2) is 0 Å². The van der Waals surface area contributed by atoms with Crippen LogP contribution in [-0.2, 0) is 11.3 Å². The van der Waals surface area contributed by atoms with Gasteiger partial charge in [0.1, 0.15) is 0 Å². The van der Waals surface area contributed by atoms with Crippen molar-refractivity contribution in [2.45, 2.75) is 25.0 Å². The fraction of sp³-hybridized carbons (Fsp3) is 0.571. The standard InChI is InChI=1S/C14H22N2O2/c1-15-13-5-3-2-4-12(13)10-16-11-14(17)6-8-18-9-7-14/h2-5,15-17H,6-11H2,1H3. The summed E-state index contributed by atoms with van der Waals surface area (Å²) in [5.74, 6) is 0. The number of ether oxygens (including phenoxy) is 1. The van der Waals surface area contributed by atoms with E-state index in [2.05, 4.69) is 22.8 Å². The highest BCUT2D eigenvalue weighted by Gasteiger charge is 2.29. The summed E-state index contributed by atoms with van der Waals surface area (Å²) in [6, 6.07) is 8.19. The molecule has 0 atom stereocenters. The lowest BCUT2D eigenvalue weighted by Crippen LogP contribution is -2.44. The summed E-state index contributed by atoms with van der Waals surface area (Å²) in [6.07, 6.45) is 1.43. The van der Waals surface area contributed by atoms with Crippen molar-refractivity contribution in [2.75, 3.05) is 32.1 Å². The second-order valence-electron chi connectivity index (χ2n) is 4.85. The first-order valence-corrected chi connectivity index (χ1v) is 6.50. The van der Waals surface area contributed by atoms with Gasteiger partial charge in [-0.05, 0) is 11.6 Å². The fourth-order valence-corrected chi connectivity index (χ4v) is 2.28. The van der Waals surface area contributed by atoms with Crippen LogP contribution in [0.15, 0.2) is 24.3 Å². The molecule has 1 aliphatic heterocycles. The zero-order valence-electron chi connectivity index (χ0n) is 10.9. The van der Waals surface area contributed by atoms with Gasteiger partial charge in [-0.25, -0.2) is 0 Å². The molecule has 0 radical (unpaired) electrons. The number of aliphatic hydroxyl groups is 1. The molecule has 1 aromatic rings. The Hall–Kier alpha value is -1.10. The number of hydrogen-bond acceptors (Lipinski definition) is 4.